The maximum Gasteiger partial charge on any atom is 0.248 e. The Kier molecular flexibility index (Phi) is 7.60. The van der Waals surface area contributed by atoms with Gasteiger partial charge in [-0.2, -0.15) is 0 Å². The highest BCUT2D eigenvalue weighted by atomic mass is 35.5. The molecule has 0 spiro atoms. The van der Waals surface area contributed by atoms with E-state index in [1.165, 1.54) is 31.3 Å². The number of anilines is 3. The van der Waals surface area contributed by atoms with E-state index < -0.39 is 5.82 Å². The van der Waals surface area contributed by atoms with Crippen LogP contribution in [0.15, 0.2) is 48.8 Å². The quantitative estimate of drug-likeness (QED) is 0.356. The Morgan fingerprint density at radius 2 is 2.05 bits per heavy atom. The Labute approximate surface area is 230 Å². The molecule has 3 aliphatic heterocycles. The lowest BCUT2D eigenvalue weighted by atomic mass is 10.1. The van der Waals surface area contributed by atoms with Gasteiger partial charge in [-0.05, 0) is 37.1 Å². The van der Waals surface area contributed by atoms with E-state index in [4.69, 9.17) is 21.1 Å². The molecule has 1 amide bonds. The summed E-state index contributed by atoms with van der Waals surface area (Å²) >= 11 is 5.96. The third kappa shape index (κ3) is 6.14. The number of ether oxygens (including phenoxy) is 2. The maximum absolute atomic E-state index is 13.6. The molecule has 2 bridgehead atoms. The van der Waals surface area contributed by atoms with Gasteiger partial charge in [0.1, 0.15) is 29.8 Å². The first-order valence-electron chi connectivity index (χ1n) is 13.2. The van der Waals surface area contributed by atoms with E-state index in [1.807, 2.05) is 6.08 Å². The average Bonchev–Trinajstić information content (AvgIpc) is 3.55. The number of aromatic nitrogens is 2. The summed E-state index contributed by atoms with van der Waals surface area (Å²) in [7, 11) is 0. The van der Waals surface area contributed by atoms with Gasteiger partial charge < -0.3 is 25.4 Å². The SMILES string of the molecule is O=C(/C=C/CN1CC2CCC(C1)N2)Nc1cc2c(Nc3ccc(F)c(Cl)c3)ncnc2cc1O[C@H]1CCOC1. The molecule has 2 unspecified atom stereocenters. The number of nitrogens with zero attached hydrogens (tertiary/aromatic N) is 3. The van der Waals surface area contributed by atoms with Crippen molar-refractivity contribution in [3.05, 3.63) is 59.7 Å². The Hall–Kier alpha value is -3.31. The zero-order valence-electron chi connectivity index (χ0n) is 21.3. The number of fused-ring (bicyclic) bond motifs is 3. The van der Waals surface area contributed by atoms with Crippen LogP contribution in [0, 0.1) is 5.82 Å². The maximum atomic E-state index is 13.6. The first kappa shape index (κ1) is 25.9. The van der Waals surface area contributed by atoms with Crippen LogP contribution in [0.5, 0.6) is 5.75 Å². The molecule has 3 saturated heterocycles. The number of likely N-dealkylation sites (tertiary alicyclic amines) is 1. The minimum Gasteiger partial charge on any atom is -0.486 e. The fourth-order valence-electron chi connectivity index (χ4n) is 5.40. The second-order valence-corrected chi connectivity index (χ2v) is 10.6. The van der Waals surface area contributed by atoms with Gasteiger partial charge in [0.05, 0.1) is 29.4 Å². The van der Waals surface area contributed by atoms with Crippen molar-refractivity contribution in [3.63, 3.8) is 0 Å². The van der Waals surface area contributed by atoms with Gasteiger partial charge >= 0.3 is 0 Å². The zero-order valence-corrected chi connectivity index (χ0v) is 22.1. The summed E-state index contributed by atoms with van der Waals surface area (Å²) < 4.78 is 25.3. The number of carbonyl (C=O) groups excluding carboxylic acids is 1. The number of piperazine rings is 1. The van der Waals surface area contributed by atoms with Crippen molar-refractivity contribution in [3.8, 4) is 5.75 Å². The normalized spacial score (nSPS) is 23.0. The Morgan fingerprint density at radius 1 is 1.21 bits per heavy atom. The highest BCUT2D eigenvalue weighted by molar-refractivity contribution is 6.31. The van der Waals surface area contributed by atoms with Crippen molar-refractivity contribution >= 4 is 45.6 Å². The van der Waals surface area contributed by atoms with Crippen LogP contribution in [0.25, 0.3) is 10.9 Å². The molecule has 204 valence electrons. The summed E-state index contributed by atoms with van der Waals surface area (Å²) in [6, 6.07) is 9.02. The van der Waals surface area contributed by atoms with Crippen molar-refractivity contribution in [1.29, 1.82) is 0 Å². The van der Waals surface area contributed by atoms with Crippen molar-refractivity contribution < 1.29 is 18.7 Å². The van der Waals surface area contributed by atoms with Crippen molar-refractivity contribution in [1.82, 2.24) is 20.2 Å². The topological polar surface area (TPSA) is 101 Å². The zero-order chi connectivity index (χ0) is 26.8. The lowest BCUT2D eigenvalue weighted by Crippen LogP contribution is -2.50. The summed E-state index contributed by atoms with van der Waals surface area (Å²) in [6.45, 7) is 3.85. The van der Waals surface area contributed by atoms with E-state index in [1.54, 1.807) is 24.3 Å². The number of halogens is 2. The molecule has 4 heterocycles. The first-order valence-corrected chi connectivity index (χ1v) is 13.6. The molecule has 0 saturated carbocycles. The van der Waals surface area contributed by atoms with E-state index in [2.05, 4.69) is 30.8 Å². The van der Waals surface area contributed by atoms with Gasteiger partial charge in [0.2, 0.25) is 5.91 Å². The van der Waals surface area contributed by atoms with E-state index in [9.17, 15) is 9.18 Å². The summed E-state index contributed by atoms with van der Waals surface area (Å²) in [4.78, 5) is 24.1. The Bertz CT molecular complexity index is 1390. The van der Waals surface area contributed by atoms with Crippen LogP contribution in [-0.4, -0.2) is 71.8 Å². The van der Waals surface area contributed by atoms with Crippen molar-refractivity contribution in [2.24, 2.45) is 0 Å². The smallest absolute Gasteiger partial charge is 0.248 e. The van der Waals surface area contributed by atoms with E-state index in [0.29, 0.717) is 59.1 Å². The molecule has 9 nitrogen and oxygen atoms in total. The molecule has 1 aromatic heterocycles. The second kappa shape index (κ2) is 11.4. The predicted octanol–water partition coefficient (Wildman–Crippen LogP) is 4.26. The lowest BCUT2D eigenvalue weighted by Gasteiger charge is -2.31. The van der Waals surface area contributed by atoms with Crippen LogP contribution in [-0.2, 0) is 9.53 Å². The highest BCUT2D eigenvalue weighted by Crippen LogP contribution is 2.35. The third-order valence-corrected chi connectivity index (χ3v) is 7.57. The number of rotatable bonds is 8. The van der Waals surface area contributed by atoms with Gasteiger partial charge in [-0.25, -0.2) is 14.4 Å². The van der Waals surface area contributed by atoms with E-state index in [0.717, 1.165) is 26.1 Å². The second-order valence-electron chi connectivity index (χ2n) is 10.2. The summed E-state index contributed by atoms with van der Waals surface area (Å²) in [5.74, 6) is 0.233. The summed E-state index contributed by atoms with van der Waals surface area (Å²) in [5, 5.41) is 10.4. The number of hydrogen-bond acceptors (Lipinski definition) is 8. The van der Waals surface area contributed by atoms with Gasteiger partial charge in [0, 0.05) is 61.4 Å². The number of hydrogen-bond donors (Lipinski definition) is 3. The number of carbonyl (C=O) groups is 1. The molecule has 2 aromatic carbocycles. The van der Waals surface area contributed by atoms with Crippen LogP contribution in [0.3, 0.4) is 0 Å². The van der Waals surface area contributed by atoms with Crippen LogP contribution < -0.4 is 20.7 Å². The number of nitrogens with one attached hydrogen (secondary N) is 3. The number of benzene rings is 2. The molecule has 3 N–H and O–H groups in total. The van der Waals surface area contributed by atoms with Crippen LogP contribution in [0.1, 0.15) is 19.3 Å². The van der Waals surface area contributed by atoms with Crippen molar-refractivity contribution in [2.45, 2.75) is 37.5 Å². The van der Waals surface area contributed by atoms with Gasteiger partial charge in [0.25, 0.3) is 0 Å². The molecule has 11 heteroatoms. The predicted molar refractivity (Wildman–Crippen MR) is 148 cm³/mol. The monoisotopic (exact) mass is 552 g/mol. The van der Waals surface area contributed by atoms with E-state index >= 15 is 0 Å². The molecule has 3 aromatic rings. The fraction of sp³-hybridized carbons (Fsp3) is 0.393. The lowest BCUT2D eigenvalue weighted by molar-refractivity contribution is -0.111. The molecule has 6 rings (SSSR count). The summed E-state index contributed by atoms with van der Waals surface area (Å²) in [5.41, 5.74) is 1.69. The number of amides is 1. The Balaban J connectivity index is 1.23. The fourth-order valence-corrected chi connectivity index (χ4v) is 5.58. The van der Waals surface area contributed by atoms with Crippen LogP contribution in [0.2, 0.25) is 5.02 Å². The van der Waals surface area contributed by atoms with Gasteiger partial charge in [-0.1, -0.05) is 17.7 Å². The van der Waals surface area contributed by atoms with Crippen LogP contribution in [0.4, 0.5) is 21.6 Å². The minimum absolute atomic E-state index is 0.000961. The average molecular weight is 553 g/mol. The van der Waals surface area contributed by atoms with E-state index in [-0.39, 0.29) is 17.0 Å². The molecular weight excluding hydrogens is 523 g/mol. The first-order chi connectivity index (χ1) is 19.0. The molecular formula is C28H30ClFN6O3. The third-order valence-electron chi connectivity index (χ3n) is 7.28. The largest absolute Gasteiger partial charge is 0.486 e. The van der Waals surface area contributed by atoms with Gasteiger partial charge in [0.15, 0.2) is 0 Å². The molecule has 3 aliphatic rings. The molecule has 3 fully saturated rings. The van der Waals surface area contributed by atoms with Gasteiger partial charge in [-0.3, -0.25) is 9.69 Å². The minimum atomic E-state index is -0.505. The summed E-state index contributed by atoms with van der Waals surface area (Å²) in [6.07, 6.45) is 7.99. The molecule has 0 aliphatic carbocycles. The molecule has 0 radical (unpaired) electrons. The highest BCUT2D eigenvalue weighted by Gasteiger charge is 2.31. The van der Waals surface area contributed by atoms with Crippen molar-refractivity contribution in [2.75, 3.05) is 43.5 Å². The van der Waals surface area contributed by atoms with Crippen LogP contribution >= 0.6 is 11.6 Å². The Morgan fingerprint density at radius 3 is 2.82 bits per heavy atom. The molecule has 3 atom stereocenters. The standard InChI is InChI=1S/C28H30ClFN6O3/c29-22-10-17(5-6-23(22)30)34-28-21-11-25(26(12-24(21)31-16-32-28)39-20-7-9-38-15-20)35-27(37)2-1-8-36-13-18-3-4-19(14-36)33-18/h1-2,5-6,10-12,16,18-20,33H,3-4,7-9,13-15H2,(H,35,37)(H,31,32,34)/b2-1+/t18?,19?,20-/m0/s1. The van der Waals surface area contributed by atoms with Gasteiger partial charge in [-0.15, -0.1) is 0 Å². The molecule has 39 heavy (non-hydrogen) atoms.